The van der Waals surface area contributed by atoms with Gasteiger partial charge in [0, 0.05) is 35.8 Å². The van der Waals surface area contributed by atoms with Gasteiger partial charge in [-0.25, -0.2) is 13.1 Å². The zero-order valence-corrected chi connectivity index (χ0v) is 14.6. The minimum Gasteiger partial charge on any atom is -0.268 e. The molecule has 0 radical (unpaired) electrons. The van der Waals surface area contributed by atoms with Gasteiger partial charge in [0.05, 0.1) is 5.69 Å². The molecule has 120 valence electrons. The summed E-state index contributed by atoms with van der Waals surface area (Å²) >= 11 is 7.22. The summed E-state index contributed by atoms with van der Waals surface area (Å²) in [6.07, 6.45) is 1.68. The second kappa shape index (κ2) is 6.45. The molecular formula is C15H14ClN3O2S2. The van der Waals surface area contributed by atoms with Crippen molar-refractivity contribution in [3.8, 4) is 11.3 Å². The molecule has 0 fully saturated rings. The highest BCUT2D eigenvalue weighted by atomic mass is 35.5. The Kier molecular flexibility index (Phi) is 4.54. The molecule has 0 saturated carbocycles. The van der Waals surface area contributed by atoms with Crippen molar-refractivity contribution in [2.75, 3.05) is 0 Å². The average molecular weight is 368 g/mol. The summed E-state index contributed by atoms with van der Waals surface area (Å²) in [4.78, 5) is 0. The molecular weight excluding hydrogens is 354 g/mol. The monoisotopic (exact) mass is 367 g/mol. The Labute approximate surface area is 143 Å². The number of halogens is 1. The van der Waals surface area contributed by atoms with Crippen molar-refractivity contribution < 1.29 is 8.42 Å². The van der Waals surface area contributed by atoms with Crippen LogP contribution in [0.25, 0.3) is 11.3 Å². The van der Waals surface area contributed by atoms with Crippen LogP contribution in [-0.4, -0.2) is 18.2 Å². The third-order valence-corrected chi connectivity index (χ3v) is 6.58. The van der Waals surface area contributed by atoms with Crippen LogP contribution in [0.3, 0.4) is 0 Å². The minimum absolute atomic E-state index is 0.154. The second-order valence-corrected chi connectivity index (χ2v) is 8.22. The lowest BCUT2D eigenvalue weighted by molar-refractivity contribution is 0.583. The maximum Gasteiger partial charge on any atom is 0.250 e. The van der Waals surface area contributed by atoms with Crippen LogP contribution in [0.2, 0.25) is 5.02 Å². The van der Waals surface area contributed by atoms with Crippen LogP contribution in [0, 0.1) is 0 Å². The van der Waals surface area contributed by atoms with E-state index in [1.54, 1.807) is 40.5 Å². The van der Waals surface area contributed by atoms with Crippen LogP contribution < -0.4 is 4.72 Å². The van der Waals surface area contributed by atoms with E-state index in [-0.39, 0.29) is 10.8 Å². The minimum atomic E-state index is -3.58. The summed E-state index contributed by atoms with van der Waals surface area (Å²) in [5.74, 6) is 0. The zero-order chi connectivity index (χ0) is 16.4. The number of rotatable bonds is 5. The van der Waals surface area contributed by atoms with Gasteiger partial charge in [0.15, 0.2) is 0 Å². The molecule has 0 aliphatic heterocycles. The molecule has 23 heavy (non-hydrogen) atoms. The highest BCUT2D eigenvalue weighted by Crippen LogP contribution is 2.28. The van der Waals surface area contributed by atoms with Crippen molar-refractivity contribution in [1.82, 2.24) is 14.5 Å². The van der Waals surface area contributed by atoms with Gasteiger partial charge >= 0.3 is 0 Å². The third kappa shape index (κ3) is 3.48. The molecule has 3 rings (SSSR count). The average Bonchev–Trinajstić information content (AvgIpc) is 3.15. The smallest absolute Gasteiger partial charge is 0.250 e. The number of sulfonamides is 1. The van der Waals surface area contributed by atoms with E-state index in [0.717, 1.165) is 16.8 Å². The fourth-order valence-electron chi connectivity index (χ4n) is 2.13. The van der Waals surface area contributed by atoms with E-state index in [1.165, 1.54) is 11.3 Å². The van der Waals surface area contributed by atoms with Gasteiger partial charge in [0.2, 0.25) is 10.0 Å². The van der Waals surface area contributed by atoms with Crippen molar-refractivity contribution in [2.24, 2.45) is 7.05 Å². The van der Waals surface area contributed by atoms with Gasteiger partial charge in [-0.3, -0.25) is 4.68 Å². The Hall–Kier alpha value is -1.67. The maximum atomic E-state index is 12.4. The lowest BCUT2D eigenvalue weighted by Gasteiger charge is -2.06. The summed E-state index contributed by atoms with van der Waals surface area (Å²) in [6.45, 7) is 0.154. The second-order valence-electron chi connectivity index (χ2n) is 4.91. The molecule has 0 aliphatic carbocycles. The van der Waals surface area contributed by atoms with Crippen molar-refractivity contribution in [3.63, 3.8) is 0 Å². The number of nitrogens with zero attached hydrogens (tertiary/aromatic N) is 2. The first-order valence-corrected chi connectivity index (χ1v) is 9.51. The zero-order valence-electron chi connectivity index (χ0n) is 12.2. The maximum absolute atomic E-state index is 12.4. The summed E-state index contributed by atoms with van der Waals surface area (Å²) in [5.41, 5.74) is 2.43. The molecule has 0 amide bonds. The molecule has 5 nitrogen and oxygen atoms in total. The van der Waals surface area contributed by atoms with Gasteiger partial charge in [0.25, 0.3) is 0 Å². The highest BCUT2D eigenvalue weighted by Gasteiger charge is 2.18. The van der Waals surface area contributed by atoms with Crippen molar-refractivity contribution in [3.05, 3.63) is 58.6 Å². The van der Waals surface area contributed by atoms with Crippen LogP contribution in [0.4, 0.5) is 0 Å². The number of hydrogen-bond donors (Lipinski definition) is 1. The van der Waals surface area contributed by atoms with E-state index in [0.29, 0.717) is 5.02 Å². The molecule has 0 bridgehead atoms. The summed E-state index contributed by atoms with van der Waals surface area (Å²) in [6, 6.07) is 10.6. The van der Waals surface area contributed by atoms with E-state index < -0.39 is 10.0 Å². The third-order valence-electron chi connectivity index (χ3n) is 3.37. The molecule has 1 N–H and O–H groups in total. The fraction of sp³-hybridized carbons (Fsp3) is 0.133. The van der Waals surface area contributed by atoms with Crippen LogP contribution in [0.15, 0.2) is 52.2 Å². The number of nitrogens with one attached hydrogen (secondary N) is 1. The van der Waals surface area contributed by atoms with E-state index >= 15 is 0 Å². The quantitative estimate of drug-likeness (QED) is 0.752. The Balaban J connectivity index is 1.80. The van der Waals surface area contributed by atoms with Crippen LogP contribution in [0.5, 0.6) is 0 Å². The van der Waals surface area contributed by atoms with Crippen molar-refractivity contribution in [2.45, 2.75) is 10.8 Å². The number of thiophene rings is 1. The van der Waals surface area contributed by atoms with E-state index in [1.807, 2.05) is 19.2 Å². The molecule has 0 saturated heterocycles. The van der Waals surface area contributed by atoms with Crippen LogP contribution in [0.1, 0.15) is 5.56 Å². The van der Waals surface area contributed by atoms with Gasteiger partial charge in [-0.15, -0.1) is 11.3 Å². The van der Waals surface area contributed by atoms with Gasteiger partial charge in [0.1, 0.15) is 4.21 Å². The van der Waals surface area contributed by atoms with E-state index in [2.05, 4.69) is 9.82 Å². The number of aromatic nitrogens is 2. The first-order chi connectivity index (χ1) is 11.0. The number of aryl methyl sites for hydroxylation is 1. The van der Waals surface area contributed by atoms with E-state index in [4.69, 9.17) is 11.6 Å². The summed E-state index contributed by atoms with van der Waals surface area (Å²) < 4.78 is 29.4. The lowest BCUT2D eigenvalue weighted by Crippen LogP contribution is -2.22. The lowest BCUT2D eigenvalue weighted by atomic mass is 10.2. The van der Waals surface area contributed by atoms with Gasteiger partial charge < -0.3 is 0 Å². The standard InChI is InChI=1S/C15H14ClN3O2S2/c1-19-14(6-7-17-19)12-8-15(22-10-12)23(20,21)18-9-11-4-2-3-5-13(11)16/h2-8,10,18H,9H2,1H3. The number of benzene rings is 1. The summed E-state index contributed by atoms with van der Waals surface area (Å²) in [5, 5.41) is 6.44. The fourth-order valence-corrected chi connectivity index (χ4v) is 4.56. The molecule has 0 spiro atoms. The van der Waals surface area contributed by atoms with Crippen molar-refractivity contribution >= 4 is 33.0 Å². The van der Waals surface area contributed by atoms with Crippen LogP contribution >= 0.6 is 22.9 Å². The predicted octanol–water partition coefficient (Wildman–Crippen LogP) is 3.28. The van der Waals surface area contributed by atoms with Crippen molar-refractivity contribution in [1.29, 1.82) is 0 Å². The predicted molar refractivity (Wildman–Crippen MR) is 92.0 cm³/mol. The Morgan fingerprint density at radius 1 is 1.30 bits per heavy atom. The van der Waals surface area contributed by atoms with Gasteiger partial charge in [-0.2, -0.15) is 5.10 Å². The highest BCUT2D eigenvalue weighted by molar-refractivity contribution is 7.91. The van der Waals surface area contributed by atoms with E-state index in [9.17, 15) is 8.42 Å². The molecule has 0 atom stereocenters. The summed E-state index contributed by atoms with van der Waals surface area (Å²) in [7, 11) is -1.76. The molecule has 1 aromatic carbocycles. The molecule has 2 aromatic heterocycles. The Bertz CT molecular complexity index is 932. The van der Waals surface area contributed by atoms with Crippen LogP contribution in [-0.2, 0) is 23.6 Å². The Morgan fingerprint density at radius 3 is 2.78 bits per heavy atom. The molecule has 8 heteroatoms. The molecule has 0 aliphatic rings. The SMILES string of the molecule is Cn1nccc1-c1csc(S(=O)(=O)NCc2ccccc2Cl)c1. The van der Waals surface area contributed by atoms with Gasteiger partial charge in [-0.05, 0) is 23.8 Å². The molecule has 2 heterocycles. The topological polar surface area (TPSA) is 64.0 Å². The largest absolute Gasteiger partial charge is 0.268 e. The van der Waals surface area contributed by atoms with Gasteiger partial charge in [-0.1, -0.05) is 29.8 Å². The first kappa shape index (κ1) is 16.2. The Morgan fingerprint density at radius 2 is 2.09 bits per heavy atom. The molecule has 3 aromatic rings. The normalized spacial score (nSPS) is 11.7. The molecule has 0 unspecified atom stereocenters. The first-order valence-electron chi connectivity index (χ1n) is 6.77. The number of hydrogen-bond acceptors (Lipinski definition) is 4.